The first-order chi connectivity index (χ1) is 15.6. The zero-order valence-corrected chi connectivity index (χ0v) is 17.4. The van der Waals surface area contributed by atoms with Gasteiger partial charge in [-0.05, 0) is 91.9 Å². The van der Waals surface area contributed by atoms with Crippen LogP contribution in [-0.2, 0) is 0 Å². The minimum Gasteiger partial charge on any atom is -0.494 e. The molecule has 4 aromatic rings. The van der Waals surface area contributed by atoms with E-state index in [4.69, 9.17) is 4.74 Å². The lowest BCUT2D eigenvalue weighted by Gasteiger charge is -2.09. The van der Waals surface area contributed by atoms with Gasteiger partial charge in [0.25, 0.3) is 5.91 Å². The van der Waals surface area contributed by atoms with E-state index in [-0.39, 0.29) is 11.7 Å². The van der Waals surface area contributed by atoms with Crippen LogP contribution in [0.2, 0.25) is 0 Å². The number of nitrogens with one attached hydrogen (secondary N) is 2. The van der Waals surface area contributed by atoms with E-state index in [1.54, 1.807) is 60.7 Å². The first kappa shape index (κ1) is 21.0. The summed E-state index contributed by atoms with van der Waals surface area (Å²) in [5.74, 6) is 0.818. The molecular weight excluding hydrogens is 407 g/mol. The topological polar surface area (TPSA) is 76.1 Å². The molecule has 3 aromatic carbocycles. The molecule has 1 aromatic heterocycles. The molecule has 32 heavy (non-hydrogen) atoms. The number of hydrogen-bond donors (Lipinski definition) is 2. The van der Waals surface area contributed by atoms with Crippen molar-refractivity contribution in [3.8, 4) is 17.0 Å². The van der Waals surface area contributed by atoms with E-state index in [1.165, 1.54) is 12.1 Å². The molecule has 0 radical (unpaired) electrons. The normalized spacial score (nSPS) is 10.4. The molecule has 0 bridgehead atoms. The van der Waals surface area contributed by atoms with Crippen LogP contribution in [0.5, 0.6) is 5.75 Å². The molecule has 0 aliphatic carbocycles. The Morgan fingerprint density at radius 1 is 0.844 bits per heavy atom. The van der Waals surface area contributed by atoms with Crippen molar-refractivity contribution in [2.24, 2.45) is 0 Å². The Hall–Kier alpha value is -4.26. The van der Waals surface area contributed by atoms with Gasteiger partial charge >= 0.3 is 0 Å². The Morgan fingerprint density at radius 3 is 2.16 bits per heavy atom. The van der Waals surface area contributed by atoms with E-state index < -0.39 is 0 Å². The fourth-order valence-corrected chi connectivity index (χ4v) is 3.03. The molecule has 0 aliphatic heterocycles. The number of ether oxygens (including phenoxy) is 1. The standard InChI is InChI=1S/C25H21FN4O2/c1-2-32-22-13-11-21(12-14-22)28-25(31)18-5-9-20(10-6-18)27-24-16-15-23(29-30-24)17-3-7-19(26)8-4-17/h3-16H,2H2,1H3,(H,27,30)(H,28,31). The molecule has 0 aliphatic rings. The molecule has 1 heterocycles. The Bertz CT molecular complexity index is 1180. The maximum atomic E-state index is 13.1. The fourth-order valence-electron chi connectivity index (χ4n) is 3.03. The van der Waals surface area contributed by atoms with Crippen LogP contribution in [0.4, 0.5) is 21.6 Å². The van der Waals surface area contributed by atoms with Crippen LogP contribution in [0, 0.1) is 5.82 Å². The minimum absolute atomic E-state index is 0.204. The van der Waals surface area contributed by atoms with Crippen LogP contribution in [0.1, 0.15) is 17.3 Å². The van der Waals surface area contributed by atoms with Crippen LogP contribution >= 0.6 is 0 Å². The first-order valence-corrected chi connectivity index (χ1v) is 10.1. The number of nitrogens with zero attached hydrogens (tertiary/aromatic N) is 2. The highest BCUT2D eigenvalue weighted by atomic mass is 19.1. The molecule has 0 atom stereocenters. The van der Waals surface area contributed by atoms with Gasteiger partial charge in [-0.1, -0.05) is 0 Å². The van der Waals surface area contributed by atoms with Gasteiger partial charge in [0, 0.05) is 22.5 Å². The van der Waals surface area contributed by atoms with E-state index in [0.717, 1.165) is 17.0 Å². The summed E-state index contributed by atoms with van der Waals surface area (Å²) in [6, 6.07) is 24.0. The third-order valence-electron chi connectivity index (χ3n) is 4.65. The number of carbonyl (C=O) groups is 1. The van der Waals surface area contributed by atoms with Crippen LogP contribution in [-0.4, -0.2) is 22.7 Å². The number of benzene rings is 3. The second-order valence-electron chi connectivity index (χ2n) is 6.92. The molecule has 1 amide bonds. The zero-order valence-electron chi connectivity index (χ0n) is 17.4. The number of hydrogen-bond acceptors (Lipinski definition) is 5. The highest BCUT2D eigenvalue weighted by Gasteiger charge is 2.07. The molecule has 0 saturated heterocycles. The summed E-state index contributed by atoms with van der Waals surface area (Å²) in [6.07, 6.45) is 0. The second-order valence-corrected chi connectivity index (χ2v) is 6.92. The largest absolute Gasteiger partial charge is 0.494 e. The van der Waals surface area contributed by atoms with Gasteiger partial charge in [0.15, 0.2) is 5.82 Å². The lowest BCUT2D eigenvalue weighted by atomic mass is 10.1. The third-order valence-corrected chi connectivity index (χ3v) is 4.65. The minimum atomic E-state index is -0.295. The molecular formula is C25H21FN4O2. The van der Waals surface area contributed by atoms with Gasteiger partial charge in [0.2, 0.25) is 0 Å². The van der Waals surface area contributed by atoms with E-state index in [0.29, 0.717) is 29.4 Å². The third kappa shape index (κ3) is 5.26. The van der Waals surface area contributed by atoms with E-state index in [1.807, 2.05) is 19.1 Å². The predicted molar refractivity (Wildman–Crippen MR) is 123 cm³/mol. The maximum absolute atomic E-state index is 13.1. The lowest BCUT2D eigenvalue weighted by molar-refractivity contribution is 0.102. The van der Waals surface area contributed by atoms with E-state index in [2.05, 4.69) is 20.8 Å². The van der Waals surface area contributed by atoms with Crippen molar-refractivity contribution in [3.63, 3.8) is 0 Å². The van der Waals surface area contributed by atoms with Crippen LogP contribution in [0.3, 0.4) is 0 Å². The van der Waals surface area contributed by atoms with Crippen molar-refractivity contribution in [2.75, 3.05) is 17.2 Å². The van der Waals surface area contributed by atoms with Crippen LogP contribution < -0.4 is 15.4 Å². The highest BCUT2D eigenvalue weighted by Crippen LogP contribution is 2.21. The zero-order chi connectivity index (χ0) is 22.3. The van der Waals surface area contributed by atoms with Gasteiger partial charge in [-0.2, -0.15) is 0 Å². The summed E-state index contributed by atoms with van der Waals surface area (Å²) >= 11 is 0. The smallest absolute Gasteiger partial charge is 0.255 e. The highest BCUT2D eigenvalue weighted by molar-refractivity contribution is 6.04. The Kier molecular flexibility index (Phi) is 6.36. The summed E-state index contributed by atoms with van der Waals surface area (Å²) < 4.78 is 18.5. The van der Waals surface area contributed by atoms with Crippen molar-refractivity contribution in [1.29, 1.82) is 0 Å². The van der Waals surface area contributed by atoms with Crippen LogP contribution in [0.25, 0.3) is 11.3 Å². The van der Waals surface area contributed by atoms with Crippen molar-refractivity contribution < 1.29 is 13.9 Å². The monoisotopic (exact) mass is 428 g/mol. The Balaban J connectivity index is 1.36. The van der Waals surface area contributed by atoms with Gasteiger partial charge in [-0.15, -0.1) is 10.2 Å². The molecule has 160 valence electrons. The van der Waals surface area contributed by atoms with Gasteiger partial charge in [0.1, 0.15) is 11.6 Å². The second kappa shape index (κ2) is 9.70. The van der Waals surface area contributed by atoms with Crippen molar-refractivity contribution in [1.82, 2.24) is 10.2 Å². The number of amides is 1. The average Bonchev–Trinajstić information content (AvgIpc) is 2.82. The lowest BCUT2D eigenvalue weighted by Crippen LogP contribution is -2.11. The molecule has 0 saturated carbocycles. The maximum Gasteiger partial charge on any atom is 0.255 e. The Morgan fingerprint density at radius 2 is 1.53 bits per heavy atom. The first-order valence-electron chi connectivity index (χ1n) is 10.1. The van der Waals surface area contributed by atoms with Gasteiger partial charge in [0.05, 0.1) is 12.3 Å². The number of carbonyl (C=O) groups excluding carboxylic acids is 1. The number of aromatic nitrogens is 2. The van der Waals surface area contributed by atoms with Gasteiger partial charge in [-0.3, -0.25) is 4.79 Å². The summed E-state index contributed by atoms with van der Waals surface area (Å²) in [5.41, 5.74) is 3.43. The molecule has 0 unspecified atom stereocenters. The SMILES string of the molecule is CCOc1ccc(NC(=O)c2ccc(Nc3ccc(-c4ccc(F)cc4)nn3)cc2)cc1. The Labute approximate surface area is 185 Å². The summed E-state index contributed by atoms with van der Waals surface area (Å²) in [5, 5.41) is 14.3. The average molecular weight is 428 g/mol. The van der Waals surface area contributed by atoms with E-state index >= 15 is 0 Å². The summed E-state index contributed by atoms with van der Waals surface area (Å²) in [7, 11) is 0. The van der Waals surface area contributed by atoms with Crippen LogP contribution in [0.15, 0.2) is 84.9 Å². The van der Waals surface area contributed by atoms with Gasteiger partial charge < -0.3 is 15.4 Å². The quantitative estimate of drug-likeness (QED) is 0.396. The summed E-state index contributed by atoms with van der Waals surface area (Å²) in [6.45, 7) is 2.51. The van der Waals surface area contributed by atoms with Crippen molar-refractivity contribution in [3.05, 3.63) is 96.3 Å². The molecule has 2 N–H and O–H groups in total. The predicted octanol–water partition coefficient (Wildman–Crippen LogP) is 5.68. The summed E-state index contributed by atoms with van der Waals surface area (Å²) in [4.78, 5) is 12.5. The number of anilines is 3. The molecule has 4 rings (SSSR count). The molecule has 0 spiro atoms. The fraction of sp³-hybridized carbons (Fsp3) is 0.0800. The van der Waals surface area contributed by atoms with Crippen molar-refractivity contribution in [2.45, 2.75) is 6.92 Å². The number of rotatable bonds is 7. The van der Waals surface area contributed by atoms with Gasteiger partial charge in [-0.25, -0.2) is 4.39 Å². The molecule has 7 heteroatoms. The van der Waals surface area contributed by atoms with Crippen molar-refractivity contribution >= 4 is 23.1 Å². The van der Waals surface area contributed by atoms with E-state index in [9.17, 15) is 9.18 Å². The molecule has 0 fully saturated rings. The molecule has 6 nitrogen and oxygen atoms in total. The number of halogens is 1.